The summed E-state index contributed by atoms with van der Waals surface area (Å²) < 4.78 is 0. The number of likely N-dealkylation sites (tertiary alicyclic amines) is 1. The van der Waals surface area contributed by atoms with E-state index in [1.807, 2.05) is 0 Å². The average molecular weight is 154 g/mol. The lowest BCUT2D eigenvalue weighted by molar-refractivity contribution is 0.166. The normalized spacial score (nSPS) is 25.0. The Morgan fingerprint density at radius 3 is 2.18 bits per heavy atom. The fourth-order valence-corrected chi connectivity index (χ4v) is 1.89. The molecule has 0 bridgehead atoms. The van der Waals surface area contributed by atoms with Gasteiger partial charge in [-0.3, -0.25) is 4.90 Å². The maximum Gasteiger partial charge on any atom is 0.0532 e. The van der Waals surface area contributed by atoms with E-state index in [2.05, 4.69) is 32.6 Å². The van der Waals surface area contributed by atoms with Crippen molar-refractivity contribution in [2.75, 3.05) is 6.54 Å². The first-order valence-corrected chi connectivity index (χ1v) is 4.31. The first-order valence-electron chi connectivity index (χ1n) is 4.31. The Kier molecular flexibility index (Phi) is 2.06. The number of hydrogen-bond acceptors (Lipinski definition) is 2. The zero-order chi connectivity index (χ0) is 8.65. The highest BCUT2D eigenvalue weighted by molar-refractivity contribution is 5.92. The Morgan fingerprint density at radius 1 is 1.45 bits per heavy atom. The number of nitrogens with one attached hydrogen (secondary N) is 1. The van der Waals surface area contributed by atoms with E-state index >= 15 is 0 Å². The monoisotopic (exact) mass is 154 g/mol. The summed E-state index contributed by atoms with van der Waals surface area (Å²) in [6.45, 7) is 9.73. The second kappa shape index (κ2) is 2.59. The van der Waals surface area contributed by atoms with Gasteiger partial charge in [0.15, 0.2) is 0 Å². The summed E-state index contributed by atoms with van der Waals surface area (Å²) in [6.07, 6.45) is 0.950. The van der Waals surface area contributed by atoms with Gasteiger partial charge in [0.1, 0.15) is 0 Å². The molecule has 1 aliphatic heterocycles. The molecular formula is C9H18N2. The molecule has 2 heteroatoms. The lowest BCUT2D eigenvalue weighted by atomic mass is 9.99. The van der Waals surface area contributed by atoms with Crippen LogP contribution in [0.15, 0.2) is 0 Å². The molecule has 0 spiro atoms. The fraction of sp³-hybridized carbons (Fsp3) is 0.889. The van der Waals surface area contributed by atoms with Crippen molar-refractivity contribution in [3.8, 4) is 0 Å². The molecule has 2 nitrogen and oxygen atoms in total. The summed E-state index contributed by atoms with van der Waals surface area (Å²) in [4.78, 5) is 2.38. The van der Waals surface area contributed by atoms with Crippen LogP contribution in [0.5, 0.6) is 0 Å². The smallest absolute Gasteiger partial charge is 0.0532 e. The fourth-order valence-electron chi connectivity index (χ4n) is 1.89. The number of hydrogen-bond donors (Lipinski definition) is 1. The van der Waals surface area contributed by atoms with Crippen LogP contribution in [0.4, 0.5) is 0 Å². The maximum absolute atomic E-state index is 7.73. The van der Waals surface area contributed by atoms with E-state index in [-0.39, 0.29) is 5.54 Å². The van der Waals surface area contributed by atoms with Gasteiger partial charge in [-0.25, -0.2) is 0 Å². The quantitative estimate of drug-likeness (QED) is 0.613. The van der Waals surface area contributed by atoms with E-state index in [1.165, 1.54) is 0 Å². The van der Waals surface area contributed by atoms with Crippen molar-refractivity contribution in [1.29, 1.82) is 5.41 Å². The van der Waals surface area contributed by atoms with E-state index in [1.54, 1.807) is 0 Å². The third kappa shape index (κ3) is 1.32. The van der Waals surface area contributed by atoms with Crippen LogP contribution in [0.25, 0.3) is 0 Å². The van der Waals surface area contributed by atoms with Crippen molar-refractivity contribution in [2.45, 2.75) is 45.7 Å². The van der Waals surface area contributed by atoms with E-state index in [0.717, 1.165) is 18.7 Å². The Hall–Kier alpha value is -0.370. The standard InChI is InChI=1S/C9H18N2/c1-7(2)11-6-5-8(10)9(11,3)4/h7,10H,5-6H2,1-4H3. The molecule has 1 rings (SSSR count). The molecular weight excluding hydrogens is 136 g/mol. The first-order chi connectivity index (χ1) is 4.96. The molecule has 0 aromatic carbocycles. The molecule has 64 valence electrons. The van der Waals surface area contributed by atoms with E-state index in [9.17, 15) is 0 Å². The SMILES string of the molecule is CC(C)N1CCC(=N)C1(C)C. The summed E-state index contributed by atoms with van der Waals surface area (Å²) >= 11 is 0. The largest absolute Gasteiger partial charge is 0.308 e. The third-order valence-electron chi connectivity index (χ3n) is 2.68. The van der Waals surface area contributed by atoms with Crippen LogP contribution in [0.2, 0.25) is 0 Å². The predicted molar refractivity (Wildman–Crippen MR) is 48.3 cm³/mol. The summed E-state index contributed by atoms with van der Waals surface area (Å²) in [6, 6.07) is 0.563. The Bertz CT molecular complexity index is 170. The van der Waals surface area contributed by atoms with E-state index < -0.39 is 0 Å². The van der Waals surface area contributed by atoms with Crippen molar-refractivity contribution < 1.29 is 0 Å². The Balaban J connectivity index is 2.78. The molecule has 1 heterocycles. The van der Waals surface area contributed by atoms with Crippen LogP contribution in [-0.4, -0.2) is 28.7 Å². The summed E-state index contributed by atoms with van der Waals surface area (Å²) in [7, 11) is 0. The third-order valence-corrected chi connectivity index (χ3v) is 2.68. The first kappa shape index (κ1) is 8.72. The molecule has 0 saturated carbocycles. The van der Waals surface area contributed by atoms with E-state index in [4.69, 9.17) is 5.41 Å². The van der Waals surface area contributed by atoms with Crippen molar-refractivity contribution in [1.82, 2.24) is 4.90 Å². The molecule has 1 N–H and O–H groups in total. The highest BCUT2D eigenvalue weighted by Crippen LogP contribution is 2.26. The van der Waals surface area contributed by atoms with Gasteiger partial charge < -0.3 is 5.41 Å². The molecule has 0 unspecified atom stereocenters. The molecule has 0 atom stereocenters. The zero-order valence-electron chi connectivity index (χ0n) is 7.94. The van der Waals surface area contributed by atoms with Gasteiger partial charge in [-0.1, -0.05) is 0 Å². The van der Waals surface area contributed by atoms with Gasteiger partial charge in [-0.2, -0.15) is 0 Å². The molecule has 0 aromatic rings. The topological polar surface area (TPSA) is 27.1 Å². The van der Waals surface area contributed by atoms with Gasteiger partial charge in [0.2, 0.25) is 0 Å². The minimum absolute atomic E-state index is 0.00810. The van der Waals surface area contributed by atoms with Crippen LogP contribution in [0.1, 0.15) is 34.1 Å². The molecule has 1 fully saturated rings. The molecule has 11 heavy (non-hydrogen) atoms. The molecule has 1 saturated heterocycles. The highest BCUT2D eigenvalue weighted by Gasteiger charge is 2.37. The number of rotatable bonds is 1. The molecule has 0 aromatic heterocycles. The summed E-state index contributed by atoms with van der Waals surface area (Å²) in [5.74, 6) is 0. The van der Waals surface area contributed by atoms with Crippen molar-refractivity contribution in [3.05, 3.63) is 0 Å². The number of nitrogens with zero attached hydrogens (tertiary/aromatic N) is 1. The Labute approximate surface area is 69.1 Å². The highest BCUT2D eigenvalue weighted by atomic mass is 15.2. The molecule has 0 aliphatic carbocycles. The van der Waals surface area contributed by atoms with Crippen molar-refractivity contribution >= 4 is 5.71 Å². The molecule has 1 aliphatic rings. The van der Waals surface area contributed by atoms with Gasteiger partial charge in [-0.15, -0.1) is 0 Å². The molecule has 0 amide bonds. The minimum Gasteiger partial charge on any atom is -0.308 e. The van der Waals surface area contributed by atoms with Crippen LogP contribution in [0, 0.1) is 5.41 Å². The zero-order valence-corrected chi connectivity index (χ0v) is 7.94. The van der Waals surface area contributed by atoms with Crippen LogP contribution in [-0.2, 0) is 0 Å². The summed E-state index contributed by atoms with van der Waals surface area (Å²) in [5.41, 5.74) is 0.889. The van der Waals surface area contributed by atoms with Crippen molar-refractivity contribution in [2.24, 2.45) is 0 Å². The van der Waals surface area contributed by atoms with Crippen LogP contribution < -0.4 is 0 Å². The second-order valence-electron chi connectivity index (χ2n) is 4.07. The van der Waals surface area contributed by atoms with E-state index in [0.29, 0.717) is 6.04 Å². The van der Waals surface area contributed by atoms with Crippen molar-refractivity contribution in [3.63, 3.8) is 0 Å². The maximum atomic E-state index is 7.73. The lowest BCUT2D eigenvalue weighted by Crippen LogP contribution is -2.46. The van der Waals surface area contributed by atoms with Gasteiger partial charge in [0.05, 0.1) is 5.54 Å². The molecule has 0 radical (unpaired) electrons. The van der Waals surface area contributed by atoms with Gasteiger partial charge >= 0.3 is 0 Å². The van der Waals surface area contributed by atoms with Crippen LogP contribution >= 0.6 is 0 Å². The summed E-state index contributed by atoms with van der Waals surface area (Å²) in [5, 5.41) is 7.73. The van der Waals surface area contributed by atoms with Gasteiger partial charge in [-0.05, 0) is 34.1 Å². The Morgan fingerprint density at radius 2 is 2.00 bits per heavy atom. The predicted octanol–water partition coefficient (Wildman–Crippen LogP) is 1.90. The second-order valence-corrected chi connectivity index (χ2v) is 4.07. The average Bonchev–Trinajstić information content (AvgIpc) is 2.08. The van der Waals surface area contributed by atoms with Crippen LogP contribution in [0.3, 0.4) is 0 Å². The lowest BCUT2D eigenvalue weighted by Gasteiger charge is -2.34. The van der Waals surface area contributed by atoms with Gasteiger partial charge in [0.25, 0.3) is 0 Å². The minimum atomic E-state index is 0.00810. The van der Waals surface area contributed by atoms with Gasteiger partial charge in [0, 0.05) is 18.3 Å².